The van der Waals surface area contributed by atoms with Crippen molar-refractivity contribution >= 4 is 50.5 Å². The van der Waals surface area contributed by atoms with Crippen molar-refractivity contribution in [3.05, 3.63) is 52.5 Å². The number of ether oxygens (including phenoxy) is 2. The number of rotatable bonds is 9. The summed E-state index contributed by atoms with van der Waals surface area (Å²) < 4.78 is 60.6. The maximum atomic E-state index is 13.0. The van der Waals surface area contributed by atoms with Gasteiger partial charge in [-0.3, -0.25) is 4.21 Å². The van der Waals surface area contributed by atoms with Crippen LogP contribution in [-0.4, -0.2) is 77.3 Å². The number of carbonyl (C=O) groups excluding carboxylic acids is 1. The topological polar surface area (TPSA) is 174 Å². The Balaban J connectivity index is 1.84. The van der Waals surface area contributed by atoms with Crippen molar-refractivity contribution in [3.8, 4) is 5.75 Å². The summed E-state index contributed by atoms with van der Waals surface area (Å²) in [7, 11) is -0.932. The fraction of sp³-hybridized carbons (Fsp3) is 0.333. The third kappa shape index (κ3) is 7.38. The van der Waals surface area contributed by atoms with E-state index in [4.69, 9.17) is 26.2 Å². The summed E-state index contributed by atoms with van der Waals surface area (Å²) in [6.45, 7) is 1.58. The SMILES string of the molecule is Cc1cccc(OCC(C[N+](C)(C)N2Cc3cc(Cl)c(NS(=O)[O-])cc3S(=O)(=O)N2)OC(=O)C(=O)O)c1. The Labute approximate surface area is 220 Å². The summed E-state index contributed by atoms with van der Waals surface area (Å²) in [6.07, 6.45) is -1.08. The highest BCUT2D eigenvalue weighted by Gasteiger charge is 2.40. The number of quaternary nitrogens is 1. The number of aryl methyl sites for hydroxylation is 1. The van der Waals surface area contributed by atoms with Gasteiger partial charge in [-0.05, 0) is 42.3 Å². The molecule has 3 N–H and O–H groups in total. The predicted molar refractivity (Wildman–Crippen MR) is 131 cm³/mol. The molecule has 0 radical (unpaired) electrons. The lowest BCUT2D eigenvalue weighted by Crippen LogP contribution is -2.65. The number of carboxylic acids is 1. The zero-order valence-corrected chi connectivity index (χ0v) is 22.4. The van der Waals surface area contributed by atoms with Gasteiger partial charge in [0.1, 0.15) is 18.9 Å². The predicted octanol–water partition coefficient (Wildman–Crippen LogP) is 0.930. The molecule has 13 nitrogen and oxygen atoms in total. The molecule has 0 bridgehead atoms. The zero-order chi connectivity index (χ0) is 27.5. The number of hydrazine groups is 1. The van der Waals surface area contributed by atoms with E-state index in [0.717, 1.165) is 11.6 Å². The van der Waals surface area contributed by atoms with Crippen molar-refractivity contribution in [1.82, 2.24) is 9.95 Å². The van der Waals surface area contributed by atoms with Crippen LogP contribution in [-0.2, 0) is 42.2 Å². The number of nitrogens with one attached hydrogen (secondary N) is 2. The molecule has 0 saturated carbocycles. The molecule has 2 aromatic rings. The number of anilines is 1. The number of likely N-dealkylation sites (N-methyl/N-ethyl adjacent to an activating group) is 1. The molecule has 1 aliphatic heterocycles. The van der Waals surface area contributed by atoms with E-state index in [1.165, 1.54) is 11.2 Å². The van der Waals surface area contributed by atoms with Gasteiger partial charge in [0.25, 0.3) is 10.0 Å². The number of fused-ring (bicyclic) bond motifs is 1. The second-order valence-electron chi connectivity index (χ2n) is 8.69. The summed E-state index contributed by atoms with van der Waals surface area (Å²) in [5, 5.41) is 10.3. The smallest absolute Gasteiger partial charge is 0.417 e. The second-order valence-corrected chi connectivity index (χ2v) is 11.4. The van der Waals surface area contributed by atoms with Gasteiger partial charge in [-0.15, -0.1) is 0 Å². The van der Waals surface area contributed by atoms with E-state index in [0.29, 0.717) is 5.75 Å². The van der Waals surface area contributed by atoms with Gasteiger partial charge in [0.05, 0.1) is 36.2 Å². The van der Waals surface area contributed by atoms with Crippen LogP contribution < -0.4 is 14.3 Å². The Kier molecular flexibility index (Phi) is 8.79. The third-order valence-electron chi connectivity index (χ3n) is 5.36. The standard InChI is InChI=1S/C21H25ClN4O9S2/c1-13-5-4-6-15(7-13)34-12-16(35-21(29)20(27)28)11-26(2,3)25-10-14-8-17(22)18(23-36(30)31)9-19(14)37(32,33)24-25/h4-9,16,23-24H,10-12H2,1-3H3,(H-,27,28,30,31). The molecule has 202 valence electrons. The van der Waals surface area contributed by atoms with Crippen molar-refractivity contribution < 1.29 is 45.9 Å². The molecule has 2 atom stereocenters. The first kappa shape index (κ1) is 28.8. The van der Waals surface area contributed by atoms with Gasteiger partial charge in [-0.2, -0.15) is 0 Å². The second kappa shape index (κ2) is 11.3. The number of esters is 1. The molecule has 16 heteroatoms. The van der Waals surface area contributed by atoms with E-state index in [9.17, 15) is 26.8 Å². The minimum absolute atomic E-state index is 0.000359. The number of hydrogen-bond acceptors (Lipinski definition) is 9. The Morgan fingerprint density at radius 2 is 2.03 bits per heavy atom. The number of sulfonamides is 1. The lowest BCUT2D eigenvalue weighted by molar-refractivity contribution is -1.01. The van der Waals surface area contributed by atoms with E-state index in [2.05, 4.69) is 9.55 Å². The molecule has 0 fully saturated rings. The Morgan fingerprint density at radius 1 is 1.32 bits per heavy atom. The number of hydrogen-bond donors (Lipinski definition) is 3. The molecule has 0 spiro atoms. The van der Waals surface area contributed by atoms with Gasteiger partial charge >= 0.3 is 11.9 Å². The summed E-state index contributed by atoms with van der Waals surface area (Å²) in [6, 6.07) is 9.51. The van der Waals surface area contributed by atoms with Crippen LogP contribution in [0.3, 0.4) is 0 Å². The number of halogens is 1. The molecule has 37 heavy (non-hydrogen) atoms. The molecule has 1 heterocycles. The molecule has 3 rings (SSSR count). The van der Waals surface area contributed by atoms with Crippen LogP contribution in [0, 0.1) is 6.92 Å². The van der Waals surface area contributed by atoms with Crippen LogP contribution in [0.15, 0.2) is 41.3 Å². The largest absolute Gasteiger partial charge is 0.755 e. The lowest BCUT2D eigenvalue weighted by Gasteiger charge is -2.42. The molecule has 0 aromatic heterocycles. The Morgan fingerprint density at radius 3 is 2.65 bits per heavy atom. The molecule has 0 amide bonds. The summed E-state index contributed by atoms with van der Waals surface area (Å²) in [5.74, 6) is -2.78. The average Bonchev–Trinajstić information content (AvgIpc) is 2.77. The van der Waals surface area contributed by atoms with E-state index in [1.807, 2.05) is 13.0 Å². The van der Waals surface area contributed by atoms with E-state index in [-0.39, 0.29) is 45.5 Å². The quantitative estimate of drug-likeness (QED) is 0.168. The van der Waals surface area contributed by atoms with Gasteiger partial charge in [-0.1, -0.05) is 33.7 Å². The van der Waals surface area contributed by atoms with Crippen molar-refractivity contribution in [2.24, 2.45) is 0 Å². The highest BCUT2D eigenvalue weighted by Crippen LogP contribution is 2.33. The van der Waals surface area contributed by atoms with Crippen LogP contribution >= 0.6 is 11.6 Å². The Bertz CT molecular complexity index is 1340. The number of aliphatic carboxylic acids is 1. The molecule has 2 unspecified atom stereocenters. The minimum atomic E-state index is -4.15. The van der Waals surface area contributed by atoms with Gasteiger partial charge in [-0.25, -0.2) is 22.6 Å². The Hall–Kier alpha value is -2.79. The maximum Gasteiger partial charge on any atom is 0.417 e. The first-order chi connectivity index (χ1) is 17.2. The van der Waals surface area contributed by atoms with E-state index < -0.39 is 39.3 Å². The highest BCUT2D eigenvalue weighted by atomic mass is 35.5. The van der Waals surface area contributed by atoms with Gasteiger partial charge in [0.15, 0.2) is 6.10 Å². The third-order valence-corrected chi connectivity index (χ3v) is 7.47. The lowest BCUT2D eigenvalue weighted by atomic mass is 10.2. The minimum Gasteiger partial charge on any atom is -0.755 e. The monoisotopic (exact) mass is 576 g/mol. The first-order valence-corrected chi connectivity index (χ1v) is 13.6. The van der Waals surface area contributed by atoms with Crippen molar-refractivity contribution in [1.29, 1.82) is 0 Å². The number of nitrogens with zero attached hydrogens (tertiary/aromatic N) is 2. The van der Waals surface area contributed by atoms with Crippen LogP contribution in [0.5, 0.6) is 5.75 Å². The zero-order valence-electron chi connectivity index (χ0n) is 20.0. The number of carboxylic acid groups (broad SMARTS) is 1. The van der Waals surface area contributed by atoms with Crippen molar-refractivity contribution in [2.45, 2.75) is 24.5 Å². The number of benzene rings is 2. The van der Waals surface area contributed by atoms with Crippen molar-refractivity contribution in [2.75, 3.05) is 32.0 Å². The molecule has 0 aliphatic carbocycles. The first-order valence-electron chi connectivity index (χ1n) is 10.6. The molecular weight excluding hydrogens is 552 g/mol. The van der Waals surface area contributed by atoms with Gasteiger partial charge in [0.2, 0.25) is 0 Å². The van der Waals surface area contributed by atoms with Crippen molar-refractivity contribution in [3.63, 3.8) is 0 Å². The average molecular weight is 577 g/mol. The summed E-state index contributed by atoms with van der Waals surface area (Å²) in [5.41, 5.74) is 1.11. The van der Waals surface area contributed by atoms with Crippen LogP contribution in [0.4, 0.5) is 5.69 Å². The molecule has 1 aliphatic rings. The molecular formula is C21H25ClN4O9S2. The fourth-order valence-electron chi connectivity index (χ4n) is 3.64. The van der Waals surface area contributed by atoms with Crippen LogP contribution in [0.25, 0.3) is 0 Å². The maximum absolute atomic E-state index is 13.0. The highest BCUT2D eigenvalue weighted by molar-refractivity contribution is 7.89. The number of carbonyl (C=O) groups is 2. The fourth-order valence-corrected chi connectivity index (χ4v) is 5.68. The van der Waals surface area contributed by atoms with Gasteiger partial charge < -0.3 is 23.9 Å². The summed E-state index contributed by atoms with van der Waals surface area (Å²) >= 11 is 3.42. The molecule has 0 saturated heterocycles. The summed E-state index contributed by atoms with van der Waals surface area (Å²) in [4.78, 5) is 25.1. The van der Waals surface area contributed by atoms with Gasteiger partial charge in [0, 0.05) is 11.3 Å². The normalized spacial score (nSPS) is 16.8. The van der Waals surface area contributed by atoms with Crippen LogP contribution in [0.1, 0.15) is 11.1 Å². The van der Waals surface area contributed by atoms with E-state index >= 15 is 0 Å². The van der Waals surface area contributed by atoms with Crippen LogP contribution in [0.2, 0.25) is 5.02 Å². The molecule has 2 aromatic carbocycles. The van der Waals surface area contributed by atoms with E-state index in [1.54, 1.807) is 32.3 Å².